The number of rotatable bonds is 5. The number of nitrogens with one attached hydrogen (secondary N) is 1. The maximum absolute atomic E-state index is 13.2. The van der Waals surface area contributed by atoms with Crippen molar-refractivity contribution in [3.63, 3.8) is 0 Å². The Morgan fingerprint density at radius 1 is 0.917 bits per heavy atom. The average Bonchev–Trinajstić information content (AvgIpc) is 3.34. The summed E-state index contributed by atoms with van der Waals surface area (Å²) in [6, 6.07) is 25.6. The zero-order valence-corrected chi connectivity index (χ0v) is 19.7. The number of para-hydroxylation sites is 3. The Morgan fingerprint density at radius 3 is 2.28 bits per heavy atom. The van der Waals surface area contributed by atoms with Crippen molar-refractivity contribution in [2.24, 2.45) is 0 Å². The predicted molar refractivity (Wildman–Crippen MR) is 134 cm³/mol. The van der Waals surface area contributed by atoms with Gasteiger partial charge in [0.05, 0.1) is 17.1 Å². The highest BCUT2D eigenvalue weighted by molar-refractivity contribution is 6.14. The van der Waals surface area contributed by atoms with Gasteiger partial charge in [0.2, 0.25) is 5.91 Å². The molecule has 0 radical (unpaired) electrons. The SMILES string of the molecule is CC1(C)C(=O)Nc2ccccc2N1C(=O)COC(=O)c1nc(-c2ccccc2)n(-c2ccccc2)n1. The first-order valence-corrected chi connectivity index (χ1v) is 11.3. The highest BCUT2D eigenvalue weighted by atomic mass is 16.5. The van der Waals surface area contributed by atoms with E-state index >= 15 is 0 Å². The molecule has 1 N–H and O–H groups in total. The summed E-state index contributed by atoms with van der Waals surface area (Å²) in [6.07, 6.45) is 0. The molecule has 0 saturated carbocycles. The van der Waals surface area contributed by atoms with Gasteiger partial charge in [-0.15, -0.1) is 5.10 Å². The molecule has 1 aromatic heterocycles. The first-order valence-electron chi connectivity index (χ1n) is 11.3. The van der Waals surface area contributed by atoms with Crippen LogP contribution in [-0.4, -0.2) is 44.7 Å². The molecule has 0 aliphatic carbocycles. The Balaban J connectivity index is 1.40. The van der Waals surface area contributed by atoms with Crippen LogP contribution < -0.4 is 10.2 Å². The van der Waals surface area contributed by atoms with Gasteiger partial charge in [0, 0.05) is 5.56 Å². The summed E-state index contributed by atoms with van der Waals surface area (Å²) < 4.78 is 6.88. The third kappa shape index (κ3) is 4.11. The van der Waals surface area contributed by atoms with Crippen molar-refractivity contribution in [2.75, 3.05) is 16.8 Å². The number of ether oxygens (including phenoxy) is 1. The van der Waals surface area contributed by atoms with Crippen LogP contribution in [0.5, 0.6) is 0 Å². The molecule has 2 heterocycles. The minimum absolute atomic E-state index is 0.179. The zero-order chi connectivity index (χ0) is 25.3. The van der Waals surface area contributed by atoms with Crippen LogP contribution in [0.1, 0.15) is 24.5 Å². The van der Waals surface area contributed by atoms with Crippen LogP contribution in [0.15, 0.2) is 84.9 Å². The van der Waals surface area contributed by atoms with Gasteiger partial charge in [0.15, 0.2) is 12.4 Å². The van der Waals surface area contributed by atoms with Crippen LogP contribution in [0.2, 0.25) is 0 Å². The van der Waals surface area contributed by atoms with E-state index in [1.54, 1.807) is 42.8 Å². The van der Waals surface area contributed by atoms with Gasteiger partial charge in [-0.2, -0.15) is 0 Å². The fourth-order valence-electron chi connectivity index (χ4n) is 4.08. The fraction of sp³-hybridized carbons (Fsp3) is 0.148. The lowest BCUT2D eigenvalue weighted by molar-refractivity contribution is -0.128. The number of amides is 2. The molecule has 9 nitrogen and oxygen atoms in total. The molecule has 5 rings (SSSR count). The van der Waals surface area contributed by atoms with Crippen LogP contribution in [0, 0.1) is 0 Å². The fourth-order valence-corrected chi connectivity index (χ4v) is 4.08. The molecular weight excluding hydrogens is 458 g/mol. The minimum atomic E-state index is -1.18. The molecule has 3 aromatic carbocycles. The van der Waals surface area contributed by atoms with Gasteiger partial charge in [-0.1, -0.05) is 60.7 Å². The number of carbonyl (C=O) groups excluding carboxylic acids is 3. The van der Waals surface area contributed by atoms with E-state index in [0.29, 0.717) is 17.2 Å². The monoisotopic (exact) mass is 481 g/mol. The van der Waals surface area contributed by atoms with Gasteiger partial charge in [-0.05, 0) is 38.1 Å². The van der Waals surface area contributed by atoms with Crippen molar-refractivity contribution < 1.29 is 19.1 Å². The first-order chi connectivity index (χ1) is 17.4. The number of esters is 1. The normalized spacial score (nSPS) is 14.1. The van der Waals surface area contributed by atoms with Crippen LogP contribution in [0.25, 0.3) is 17.1 Å². The number of carbonyl (C=O) groups is 3. The average molecular weight is 482 g/mol. The summed E-state index contributed by atoms with van der Waals surface area (Å²) in [7, 11) is 0. The van der Waals surface area contributed by atoms with E-state index in [9.17, 15) is 14.4 Å². The van der Waals surface area contributed by atoms with Crippen LogP contribution >= 0.6 is 0 Å². The standard InChI is InChI=1S/C27H23N5O4/c1-27(2)26(35)28-20-15-9-10-16-21(20)31(27)22(33)17-36-25(34)23-29-24(18-11-5-3-6-12-18)32(30-23)19-13-7-4-8-14-19/h3-16H,17H2,1-2H3,(H,28,35). The Morgan fingerprint density at radius 2 is 1.56 bits per heavy atom. The number of anilines is 2. The Bertz CT molecular complexity index is 1390. The maximum Gasteiger partial charge on any atom is 0.378 e. The lowest BCUT2D eigenvalue weighted by Gasteiger charge is -2.41. The Labute approximate surface area is 207 Å². The molecule has 1 aliphatic heterocycles. The van der Waals surface area contributed by atoms with Crippen LogP contribution in [-0.2, 0) is 14.3 Å². The third-order valence-electron chi connectivity index (χ3n) is 5.91. The smallest absolute Gasteiger partial charge is 0.378 e. The third-order valence-corrected chi connectivity index (χ3v) is 5.91. The maximum atomic E-state index is 13.2. The molecule has 0 unspecified atom stereocenters. The topological polar surface area (TPSA) is 106 Å². The molecule has 9 heteroatoms. The Kier molecular flexibility index (Phi) is 5.81. The van der Waals surface area contributed by atoms with E-state index in [-0.39, 0.29) is 11.7 Å². The van der Waals surface area contributed by atoms with E-state index in [4.69, 9.17) is 4.74 Å². The van der Waals surface area contributed by atoms with Crippen LogP contribution in [0.4, 0.5) is 11.4 Å². The number of hydrogen-bond donors (Lipinski definition) is 1. The molecule has 36 heavy (non-hydrogen) atoms. The predicted octanol–water partition coefficient (Wildman–Crippen LogP) is 3.86. The molecule has 180 valence electrons. The van der Waals surface area contributed by atoms with Gasteiger partial charge < -0.3 is 10.1 Å². The second-order valence-electron chi connectivity index (χ2n) is 8.71. The summed E-state index contributed by atoms with van der Waals surface area (Å²) in [5, 5.41) is 7.17. The second kappa shape index (κ2) is 9.10. The number of benzene rings is 3. The highest BCUT2D eigenvalue weighted by Crippen LogP contribution is 2.36. The minimum Gasteiger partial charge on any atom is -0.450 e. The molecule has 0 atom stereocenters. The van der Waals surface area contributed by atoms with Crippen LogP contribution in [0.3, 0.4) is 0 Å². The number of hydrogen-bond acceptors (Lipinski definition) is 6. The van der Waals surface area contributed by atoms with Gasteiger partial charge in [0.1, 0.15) is 5.54 Å². The van der Waals surface area contributed by atoms with E-state index in [2.05, 4.69) is 15.4 Å². The number of fused-ring (bicyclic) bond motifs is 1. The van der Waals surface area contributed by atoms with Gasteiger partial charge >= 0.3 is 5.97 Å². The lowest BCUT2D eigenvalue weighted by atomic mass is 9.96. The second-order valence-corrected chi connectivity index (χ2v) is 8.71. The van der Waals surface area contributed by atoms with Gasteiger partial charge in [-0.3, -0.25) is 14.5 Å². The molecular formula is C27H23N5O4. The van der Waals surface area contributed by atoms with Crippen molar-refractivity contribution in [1.29, 1.82) is 0 Å². The van der Waals surface area contributed by atoms with Crippen molar-refractivity contribution in [1.82, 2.24) is 14.8 Å². The summed E-state index contributed by atoms with van der Waals surface area (Å²) >= 11 is 0. The summed E-state index contributed by atoms with van der Waals surface area (Å²) in [5.74, 6) is -1.44. The van der Waals surface area contributed by atoms with Crippen molar-refractivity contribution in [3.05, 3.63) is 90.8 Å². The largest absolute Gasteiger partial charge is 0.450 e. The molecule has 0 saturated heterocycles. The van der Waals surface area contributed by atoms with Gasteiger partial charge in [-0.25, -0.2) is 14.5 Å². The van der Waals surface area contributed by atoms with E-state index < -0.39 is 24.0 Å². The van der Waals surface area contributed by atoms with Gasteiger partial charge in [0.25, 0.3) is 11.7 Å². The molecule has 0 spiro atoms. The summed E-state index contributed by atoms with van der Waals surface area (Å²) in [5.41, 5.74) is 1.35. The Hall–Kier alpha value is -4.79. The number of nitrogens with zero attached hydrogens (tertiary/aromatic N) is 4. The molecule has 1 aliphatic rings. The van der Waals surface area contributed by atoms with E-state index in [1.165, 1.54) is 4.90 Å². The lowest BCUT2D eigenvalue weighted by Crippen LogP contribution is -2.59. The molecule has 0 bridgehead atoms. The molecule has 2 amide bonds. The van der Waals surface area contributed by atoms with Crippen molar-refractivity contribution >= 4 is 29.2 Å². The van der Waals surface area contributed by atoms with E-state index in [1.807, 2.05) is 60.7 Å². The quantitative estimate of drug-likeness (QED) is 0.434. The summed E-state index contributed by atoms with van der Waals surface area (Å²) in [6.45, 7) is 2.69. The number of aromatic nitrogens is 3. The zero-order valence-electron chi connectivity index (χ0n) is 19.7. The highest BCUT2D eigenvalue weighted by Gasteiger charge is 2.43. The van der Waals surface area contributed by atoms with Crippen molar-refractivity contribution in [2.45, 2.75) is 19.4 Å². The summed E-state index contributed by atoms with van der Waals surface area (Å²) in [4.78, 5) is 44.5. The van der Waals surface area contributed by atoms with Crippen molar-refractivity contribution in [3.8, 4) is 17.1 Å². The first kappa shape index (κ1) is 23.0. The van der Waals surface area contributed by atoms with E-state index in [0.717, 1.165) is 11.3 Å². The molecule has 4 aromatic rings. The molecule has 0 fully saturated rings.